The Hall–Kier alpha value is -0.300. The predicted octanol–water partition coefficient (Wildman–Crippen LogP) is 3.67. The summed E-state index contributed by atoms with van der Waals surface area (Å²) in [5.41, 5.74) is 0. The molecule has 1 saturated carbocycles. The summed E-state index contributed by atoms with van der Waals surface area (Å²) >= 11 is 0. The number of aliphatic hydroxyl groups is 1. The average Bonchev–Trinajstić information content (AvgIpc) is 2.25. The summed E-state index contributed by atoms with van der Waals surface area (Å²) in [7, 11) is 0. The van der Waals surface area contributed by atoms with Gasteiger partial charge in [-0.1, -0.05) is 51.2 Å². The maximum atomic E-state index is 9.89. The smallest absolute Gasteiger partial charge is 0.0749 e. The van der Waals surface area contributed by atoms with Gasteiger partial charge in [0.15, 0.2) is 0 Å². The third kappa shape index (κ3) is 4.28. The Bertz CT molecular complexity index is 157. The molecule has 0 heterocycles. The van der Waals surface area contributed by atoms with E-state index in [9.17, 15) is 5.11 Å². The summed E-state index contributed by atoms with van der Waals surface area (Å²) in [5.74, 6) is 0.543. The van der Waals surface area contributed by atoms with Crippen LogP contribution in [0.4, 0.5) is 0 Å². The minimum Gasteiger partial charge on any atom is -0.389 e. The van der Waals surface area contributed by atoms with Gasteiger partial charge >= 0.3 is 0 Å². The highest BCUT2D eigenvalue weighted by Gasteiger charge is 2.18. The Morgan fingerprint density at radius 2 is 2.00 bits per heavy atom. The van der Waals surface area contributed by atoms with E-state index < -0.39 is 0 Å². The standard InChI is InChI=1S/C13H24O/c1-2-3-4-8-11-13(14)12-9-6-5-7-10-12/h8,11-14H,2-7,9-10H2,1H3/b11-8+/t13-/m1/s1. The second-order valence-electron chi connectivity index (χ2n) is 4.46. The molecule has 1 aliphatic carbocycles. The highest BCUT2D eigenvalue weighted by molar-refractivity contribution is 4.92. The van der Waals surface area contributed by atoms with Gasteiger partial charge in [0.25, 0.3) is 0 Å². The van der Waals surface area contributed by atoms with Crippen LogP contribution in [-0.4, -0.2) is 11.2 Å². The lowest BCUT2D eigenvalue weighted by molar-refractivity contribution is 0.125. The fourth-order valence-electron chi connectivity index (χ4n) is 2.19. The van der Waals surface area contributed by atoms with Crippen molar-refractivity contribution >= 4 is 0 Å². The van der Waals surface area contributed by atoms with Crippen LogP contribution in [0, 0.1) is 5.92 Å². The molecule has 1 aliphatic rings. The highest BCUT2D eigenvalue weighted by atomic mass is 16.3. The van der Waals surface area contributed by atoms with Crippen molar-refractivity contribution in [2.24, 2.45) is 5.92 Å². The molecule has 1 heteroatoms. The number of allylic oxidation sites excluding steroid dienone is 1. The summed E-state index contributed by atoms with van der Waals surface area (Å²) in [4.78, 5) is 0. The molecule has 82 valence electrons. The van der Waals surface area contributed by atoms with Crippen molar-refractivity contribution in [3.05, 3.63) is 12.2 Å². The zero-order valence-electron chi connectivity index (χ0n) is 9.41. The first-order chi connectivity index (χ1) is 6.84. The molecule has 1 N–H and O–H groups in total. The first kappa shape index (κ1) is 11.8. The van der Waals surface area contributed by atoms with Gasteiger partial charge < -0.3 is 5.11 Å². The fourth-order valence-corrected chi connectivity index (χ4v) is 2.19. The van der Waals surface area contributed by atoms with Gasteiger partial charge in [-0.2, -0.15) is 0 Å². The highest BCUT2D eigenvalue weighted by Crippen LogP contribution is 2.26. The van der Waals surface area contributed by atoms with E-state index in [2.05, 4.69) is 13.0 Å². The number of unbranched alkanes of at least 4 members (excludes halogenated alkanes) is 2. The minimum absolute atomic E-state index is 0.174. The van der Waals surface area contributed by atoms with E-state index in [1.54, 1.807) is 0 Å². The zero-order valence-corrected chi connectivity index (χ0v) is 9.41. The Morgan fingerprint density at radius 3 is 2.64 bits per heavy atom. The lowest BCUT2D eigenvalue weighted by atomic mass is 9.85. The summed E-state index contributed by atoms with van der Waals surface area (Å²) < 4.78 is 0. The van der Waals surface area contributed by atoms with Crippen LogP contribution in [0.25, 0.3) is 0 Å². The van der Waals surface area contributed by atoms with Gasteiger partial charge in [0, 0.05) is 0 Å². The average molecular weight is 196 g/mol. The van der Waals surface area contributed by atoms with Crippen LogP contribution < -0.4 is 0 Å². The van der Waals surface area contributed by atoms with E-state index in [0.717, 1.165) is 6.42 Å². The number of rotatable bonds is 5. The first-order valence-corrected chi connectivity index (χ1v) is 6.19. The summed E-state index contributed by atoms with van der Waals surface area (Å²) in [6.07, 6.45) is 14.0. The van der Waals surface area contributed by atoms with E-state index in [1.165, 1.54) is 44.9 Å². The Balaban J connectivity index is 2.18. The molecule has 0 aromatic heterocycles. The normalized spacial score (nSPS) is 21.6. The fraction of sp³-hybridized carbons (Fsp3) is 0.846. The summed E-state index contributed by atoms with van der Waals surface area (Å²) in [6, 6.07) is 0. The molecule has 0 radical (unpaired) electrons. The molecule has 1 fully saturated rings. The molecule has 0 aliphatic heterocycles. The number of hydrogen-bond acceptors (Lipinski definition) is 1. The lowest BCUT2D eigenvalue weighted by Gasteiger charge is -2.24. The van der Waals surface area contributed by atoms with Crippen LogP contribution in [0.3, 0.4) is 0 Å². The summed E-state index contributed by atoms with van der Waals surface area (Å²) in [6.45, 7) is 2.20. The monoisotopic (exact) mass is 196 g/mol. The molecule has 0 amide bonds. The molecular formula is C13H24O. The van der Waals surface area contributed by atoms with Crippen LogP contribution >= 0.6 is 0 Å². The van der Waals surface area contributed by atoms with Crippen molar-refractivity contribution in [1.29, 1.82) is 0 Å². The molecule has 0 unspecified atom stereocenters. The lowest BCUT2D eigenvalue weighted by Crippen LogP contribution is -2.20. The van der Waals surface area contributed by atoms with E-state index in [4.69, 9.17) is 0 Å². The third-order valence-electron chi connectivity index (χ3n) is 3.19. The molecule has 0 saturated heterocycles. The maximum Gasteiger partial charge on any atom is 0.0749 e. The topological polar surface area (TPSA) is 20.2 Å². The second-order valence-corrected chi connectivity index (χ2v) is 4.46. The molecule has 1 atom stereocenters. The predicted molar refractivity (Wildman–Crippen MR) is 61.2 cm³/mol. The SMILES string of the molecule is CCCC/C=C/[C@@H](O)C1CCCCC1. The van der Waals surface area contributed by atoms with Crippen molar-refractivity contribution in [3.63, 3.8) is 0 Å². The van der Waals surface area contributed by atoms with Crippen molar-refractivity contribution < 1.29 is 5.11 Å². The third-order valence-corrected chi connectivity index (χ3v) is 3.19. The zero-order chi connectivity index (χ0) is 10.2. The molecule has 1 rings (SSSR count). The van der Waals surface area contributed by atoms with Crippen LogP contribution in [0.5, 0.6) is 0 Å². The van der Waals surface area contributed by atoms with E-state index in [1.807, 2.05) is 6.08 Å². The molecule has 0 aromatic carbocycles. The van der Waals surface area contributed by atoms with E-state index >= 15 is 0 Å². The van der Waals surface area contributed by atoms with Gasteiger partial charge in [0.1, 0.15) is 0 Å². The first-order valence-electron chi connectivity index (χ1n) is 6.19. The van der Waals surface area contributed by atoms with E-state index in [-0.39, 0.29) is 6.10 Å². The molecule has 0 spiro atoms. The van der Waals surface area contributed by atoms with Gasteiger partial charge in [-0.25, -0.2) is 0 Å². The molecule has 0 bridgehead atoms. The molecular weight excluding hydrogens is 172 g/mol. The quantitative estimate of drug-likeness (QED) is 0.525. The van der Waals surface area contributed by atoms with Crippen LogP contribution in [0.15, 0.2) is 12.2 Å². The van der Waals surface area contributed by atoms with Crippen molar-refractivity contribution in [1.82, 2.24) is 0 Å². The van der Waals surface area contributed by atoms with Gasteiger partial charge in [-0.3, -0.25) is 0 Å². The molecule has 0 aromatic rings. The Kier molecular flexibility index (Phi) is 5.93. The maximum absolute atomic E-state index is 9.89. The van der Waals surface area contributed by atoms with Gasteiger partial charge in [-0.05, 0) is 25.2 Å². The van der Waals surface area contributed by atoms with Crippen molar-refractivity contribution in [2.75, 3.05) is 0 Å². The number of hydrogen-bond donors (Lipinski definition) is 1. The molecule has 14 heavy (non-hydrogen) atoms. The Labute approximate surface area is 88.2 Å². The number of aliphatic hydroxyl groups excluding tert-OH is 1. The van der Waals surface area contributed by atoms with Gasteiger partial charge in [0.2, 0.25) is 0 Å². The van der Waals surface area contributed by atoms with Gasteiger partial charge in [0.05, 0.1) is 6.10 Å². The Morgan fingerprint density at radius 1 is 1.29 bits per heavy atom. The van der Waals surface area contributed by atoms with Crippen LogP contribution in [0.2, 0.25) is 0 Å². The largest absolute Gasteiger partial charge is 0.389 e. The van der Waals surface area contributed by atoms with E-state index in [0.29, 0.717) is 5.92 Å². The summed E-state index contributed by atoms with van der Waals surface area (Å²) in [5, 5.41) is 9.89. The van der Waals surface area contributed by atoms with Crippen molar-refractivity contribution in [2.45, 2.75) is 64.4 Å². The van der Waals surface area contributed by atoms with Crippen LogP contribution in [-0.2, 0) is 0 Å². The van der Waals surface area contributed by atoms with Crippen LogP contribution in [0.1, 0.15) is 58.3 Å². The second kappa shape index (κ2) is 7.05. The van der Waals surface area contributed by atoms with Gasteiger partial charge in [-0.15, -0.1) is 0 Å². The minimum atomic E-state index is -0.174. The molecule has 1 nitrogen and oxygen atoms in total. The van der Waals surface area contributed by atoms with Crippen molar-refractivity contribution in [3.8, 4) is 0 Å².